The fraction of sp³-hybridized carbons (Fsp3) is 0.917. The second-order valence-corrected chi connectivity index (χ2v) is 5.37. The zero-order valence-corrected chi connectivity index (χ0v) is 10.1. The summed E-state index contributed by atoms with van der Waals surface area (Å²) in [6.07, 6.45) is 3.28. The highest BCUT2D eigenvalue weighted by atomic mass is 16.5. The number of ether oxygens (including phenoxy) is 1. The van der Waals surface area contributed by atoms with Gasteiger partial charge in [0, 0.05) is 19.7 Å². The van der Waals surface area contributed by atoms with Crippen molar-refractivity contribution in [2.75, 3.05) is 32.8 Å². The minimum atomic E-state index is 0.0835. The summed E-state index contributed by atoms with van der Waals surface area (Å²) in [7, 11) is 0. The maximum absolute atomic E-state index is 11.8. The Hall–Kier alpha value is -0.610. The molecule has 2 fully saturated rings. The Balaban J connectivity index is 1.75. The Morgan fingerprint density at radius 1 is 1.62 bits per heavy atom. The molecular weight excluding hydrogens is 204 g/mol. The summed E-state index contributed by atoms with van der Waals surface area (Å²) in [5.41, 5.74) is 0.230. The van der Waals surface area contributed by atoms with Crippen LogP contribution >= 0.6 is 0 Å². The van der Waals surface area contributed by atoms with E-state index in [-0.39, 0.29) is 17.2 Å². The Labute approximate surface area is 97.1 Å². The standard InChI is InChI=1S/C12H22N2O2/c1-12(4-2-5-13-8-12)9-14-11(15)10-3-6-16-7-10/h10,13H,2-9H2,1H3,(H,14,15). The van der Waals surface area contributed by atoms with Crippen molar-refractivity contribution in [3.05, 3.63) is 0 Å². The molecule has 0 aromatic rings. The SMILES string of the molecule is CC1(CNC(=O)C2CCOC2)CCCNC1. The van der Waals surface area contributed by atoms with Crippen LogP contribution in [-0.4, -0.2) is 38.8 Å². The van der Waals surface area contributed by atoms with Gasteiger partial charge >= 0.3 is 0 Å². The van der Waals surface area contributed by atoms with Gasteiger partial charge in [-0.25, -0.2) is 0 Å². The van der Waals surface area contributed by atoms with Gasteiger partial charge in [0.15, 0.2) is 0 Å². The molecule has 1 amide bonds. The maximum atomic E-state index is 11.8. The molecule has 2 atom stereocenters. The number of piperidine rings is 1. The topological polar surface area (TPSA) is 50.4 Å². The van der Waals surface area contributed by atoms with Crippen LogP contribution in [0.2, 0.25) is 0 Å². The summed E-state index contributed by atoms with van der Waals surface area (Å²) >= 11 is 0. The first-order valence-corrected chi connectivity index (χ1v) is 6.26. The molecule has 0 aromatic carbocycles. The van der Waals surface area contributed by atoms with E-state index in [1.807, 2.05) is 0 Å². The van der Waals surface area contributed by atoms with E-state index in [1.54, 1.807) is 0 Å². The van der Waals surface area contributed by atoms with Gasteiger partial charge in [0.25, 0.3) is 0 Å². The molecule has 2 rings (SSSR count). The molecule has 2 unspecified atom stereocenters. The molecule has 2 aliphatic heterocycles. The Morgan fingerprint density at radius 2 is 2.50 bits per heavy atom. The third kappa shape index (κ3) is 2.95. The molecule has 2 heterocycles. The van der Waals surface area contributed by atoms with Crippen molar-refractivity contribution in [1.82, 2.24) is 10.6 Å². The summed E-state index contributed by atoms with van der Waals surface area (Å²) in [5.74, 6) is 0.254. The predicted molar refractivity (Wildman–Crippen MR) is 62.1 cm³/mol. The van der Waals surface area contributed by atoms with E-state index in [0.29, 0.717) is 6.61 Å². The van der Waals surface area contributed by atoms with Crippen LogP contribution in [-0.2, 0) is 9.53 Å². The summed E-state index contributed by atoms with van der Waals surface area (Å²) < 4.78 is 5.22. The zero-order valence-electron chi connectivity index (χ0n) is 10.1. The van der Waals surface area contributed by atoms with Crippen molar-refractivity contribution >= 4 is 5.91 Å². The minimum Gasteiger partial charge on any atom is -0.381 e. The fourth-order valence-corrected chi connectivity index (χ4v) is 2.46. The Bertz CT molecular complexity index is 243. The van der Waals surface area contributed by atoms with Crippen molar-refractivity contribution in [1.29, 1.82) is 0 Å². The lowest BCUT2D eigenvalue weighted by atomic mass is 9.82. The van der Waals surface area contributed by atoms with Gasteiger partial charge in [-0.05, 0) is 31.2 Å². The zero-order chi connectivity index (χ0) is 11.4. The monoisotopic (exact) mass is 226 g/mol. The van der Waals surface area contributed by atoms with Crippen molar-refractivity contribution in [3.63, 3.8) is 0 Å². The van der Waals surface area contributed by atoms with Crippen molar-refractivity contribution in [2.45, 2.75) is 26.2 Å². The van der Waals surface area contributed by atoms with Crippen LogP contribution in [0.15, 0.2) is 0 Å². The van der Waals surface area contributed by atoms with Gasteiger partial charge < -0.3 is 15.4 Å². The number of rotatable bonds is 3. The van der Waals surface area contributed by atoms with E-state index in [0.717, 1.165) is 32.7 Å². The van der Waals surface area contributed by atoms with Crippen LogP contribution in [0, 0.1) is 11.3 Å². The Kier molecular flexibility index (Phi) is 3.82. The summed E-state index contributed by atoms with van der Waals surface area (Å²) in [6, 6.07) is 0. The largest absolute Gasteiger partial charge is 0.381 e. The van der Waals surface area contributed by atoms with E-state index in [4.69, 9.17) is 4.74 Å². The minimum absolute atomic E-state index is 0.0835. The van der Waals surface area contributed by atoms with Gasteiger partial charge in [0.1, 0.15) is 0 Å². The van der Waals surface area contributed by atoms with Gasteiger partial charge in [-0.2, -0.15) is 0 Å². The third-order valence-electron chi connectivity index (χ3n) is 3.68. The van der Waals surface area contributed by atoms with Crippen LogP contribution in [0.3, 0.4) is 0 Å². The van der Waals surface area contributed by atoms with Gasteiger partial charge in [0.2, 0.25) is 5.91 Å². The lowest BCUT2D eigenvalue weighted by molar-refractivity contribution is -0.125. The number of hydrogen-bond donors (Lipinski definition) is 2. The molecule has 0 bridgehead atoms. The summed E-state index contributed by atoms with van der Waals surface area (Å²) in [6.45, 7) is 6.48. The molecule has 0 radical (unpaired) electrons. The predicted octanol–water partition coefficient (Wildman–Crippen LogP) is 0.529. The van der Waals surface area contributed by atoms with Crippen molar-refractivity contribution in [3.8, 4) is 0 Å². The molecule has 2 saturated heterocycles. The molecular formula is C12H22N2O2. The molecule has 16 heavy (non-hydrogen) atoms. The van der Waals surface area contributed by atoms with Crippen LogP contribution in [0.4, 0.5) is 0 Å². The van der Waals surface area contributed by atoms with E-state index in [2.05, 4.69) is 17.6 Å². The van der Waals surface area contributed by atoms with E-state index < -0.39 is 0 Å². The average molecular weight is 226 g/mol. The number of amides is 1. The molecule has 0 aromatic heterocycles. The first-order valence-electron chi connectivity index (χ1n) is 6.26. The fourth-order valence-electron chi connectivity index (χ4n) is 2.46. The number of carbonyl (C=O) groups is 1. The van der Waals surface area contributed by atoms with Crippen LogP contribution < -0.4 is 10.6 Å². The highest BCUT2D eigenvalue weighted by Gasteiger charge is 2.29. The molecule has 0 saturated carbocycles. The molecule has 2 N–H and O–H groups in total. The molecule has 0 aliphatic carbocycles. The Morgan fingerprint density at radius 3 is 3.12 bits per heavy atom. The second kappa shape index (κ2) is 5.15. The third-order valence-corrected chi connectivity index (χ3v) is 3.68. The van der Waals surface area contributed by atoms with Gasteiger partial charge in [-0.15, -0.1) is 0 Å². The quantitative estimate of drug-likeness (QED) is 0.738. The van der Waals surface area contributed by atoms with Crippen molar-refractivity contribution in [2.24, 2.45) is 11.3 Å². The first-order chi connectivity index (χ1) is 7.70. The van der Waals surface area contributed by atoms with Crippen LogP contribution in [0.1, 0.15) is 26.2 Å². The van der Waals surface area contributed by atoms with Crippen LogP contribution in [0.5, 0.6) is 0 Å². The smallest absolute Gasteiger partial charge is 0.225 e. The molecule has 0 spiro atoms. The molecule has 4 nitrogen and oxygen atoms in total. The first kappa shape index (κ1) is 11.9. The van der Waals surface area contributed by atoms with Gasteiger partial charge in [-0.3, -0.25) is 4.79 Å². The molecule has 4 heteroatoms. The second-order valence-electron chi connectivity index (χ2n) is 5.37. The lowest BCUT2D eigenvalue weighted by Gasteiger charge is -2.34. The normalized spacial score (nSPS) is 34.9. The number of nitrogens with one attached hydrogen (secondary N) is 2. The van der Waals surface area contributed by atoms with E-state index in [9.17, 15) is 4.79 Å². The van der Waals surface area contributed by atoms with Crippen LogP contribution in [0.25, 0.3) is 0 Å². The highest BCUT2D eigenvalue weighted by Crippen LogP contribution is 2.24. The summed E-state index contributed by atoms with van der Waals surface area (Å²) in [5, 5.41) is 6.47. The molecule has 92 valence electrons. The van der Waals surface area contributed by atoms with E-state index in [1.165, 1.54) is 12.8 Å². The van der Waals surface area contributed by atoms with Gasteiger partial charge in [-0.1, -0.05) is 6.92 Å². The number of carbonyl (C=O) groups excluding carboxylic acids is 1. The number of hydrogen-bond acceptors (Lipinski definition) is 3. The average Bonchev–Trinajstić information content (AvgIpc) is 2.80. The van der Waals surface area contributed by atoms with Crippen molar-refractivity contribution < 1.29 is 9.53 Å². The highest BCUT2D eigenvalue weighted by molar-refractivity contribution is 5.79. The molecule has 2 aliphatic rings. The van der Waals surface area contributed by atoms with E-state index >= 15 is 0 Å². The summed E-state index contributed by atoms with van der Waals surface area (Å²) in [4.78, 5) is 11.8. The lowest BCUT2D eigenvalue weighted by Crippen LogP contribution is -2.46. The maximum Gasteiger partial charge on any atom is 0.225 e. The van der Waals surface area contributed by atoms with Gasteiger partial charge in [0.05, 0.1) is 12.5 Å².